The van der Waals surface area contributed by atoms with Crippen molar-refractivity contribution in [3.63, 3.8) is 0 Å². The van der Waals surface area contributed by atoms with Gasteiger partial charge in [-0.1, -0.05) is 6.08 Å². The van der Waals surface area contributed by atoms with Gasteiger partial charge in [-0.2, -0.15) is 0 Å². The van der Waals surface area contributed by atoms with Crippen molar-refractivity contribution in [3.8, 4) is 0 Å². The summed E-state index contributed by atoms with van der Waals surface area (Å²) in [4.78, 5) is 30.7. The standard InChI is InChI=1S/C23H27N3O5S/c1-23(2,3)31-22(28)26-13-11-16(12-14-26)18-7-10-20(24-15-18)25-21(27)17-5-8-19(9-6-17)32(4,29)30/h5-11,15H,12-14H2,1-4H3,(H,24,25,27). The smallest absolute Gasteiger partial charge is 0.410 e. The van der Waals surface area contributed by atoms with E-state index in [2.05, 4.69) is 10.3 Å². The number of carbonyl (C=O) groups excluding carboxylic acids is 2. The summed E-state index contributed by atoms with van der Waals surface area (Å²) < 4.78 is 28.5. The highest BCUT2D eigenvalue weighted by Crippen LogP contribution is 2.24. The Kier molecular flexibility index (Phi) is 6.68. The zero-order valence-electron chi connectivity index (χ0n) is 18.6. The lowest BCUT2D eigenvalue weighted by atomic mass is 10.0. The number of aromatic nitrogens is 1. The minimum Gasteiger partial charge on any atom is -0.444 e. The van der Waals surface area contributed by atoms with E-state index >= 15 is 0 Å². The lowest BCUT2D eigenvalue weighted by Gasteiger charge is -2.29. The van der Waals surface area contributed by atoms with Gasteiger partial charge in [0.1, 0.15) is 11.4 Å². The topological polar surface area (TPSA) is 106 Å². The Morgan fingerprint density at radius 1 is 1.09 bits per heavy atom. The SMILES string of the molecule is CC(C)(C)OC(=O)N1CC=C(c2ccc(NC(=O)c3ccc(S(C)(=O)=O)cc3)nc2)CC1. The second-order valence-electron chi connectivity index (χ2n) is 8.59. The first-order chi connectivity index (χ1) is 14.9. The monoisotopic (exact) mass is 457 g/mol. The van der Waals surface area contributed by atoms with Crippen molar-refractivity contribution in [2.75, 3.05) is 24.7 Å². The molecule has 0 saturated carbocycles. The molecule has 32 heavy (non-hydrogen) atoms. The molecule has 0 bridgehead atoms. The number of sulfone groups is 1. The van der Waals surface area contributed by atoms with Crippen LogP contribution in [0.15, 0.2) is 53.6 Å². The van der Waals surface area contributed by atoms with Gasteiger partial charge in [0, 0.05) is 31.1 Å². The predicted octanol–water partition coefficient (Wildman–Crippen LogP) is 3.76. The molecule has 1 aliphatic rings. The van der Waals surface area contributed by atoms with Crippen LogP contribution in [0.5, 0.6) is 0 Å². The van der Waals surface area contributed by atoms with Crippen LogP contribution in [0.25, 0.3) is 5.57 Å². The summed E-state index contributed by atoms with van der Waals surface area (Å²) in [5.41, 5.74) is 1.80. The molecule has 0 unspecified atom stereocenters. The number of nitrogens with zero attached hydrogens (tertiary/aromatic N) is 2. The van der Waals surface area contributed by atoms with Gasteiger partial charge < -0.3 is 15.0 Å². The van der Waals surface area contributed by atoms with Crippen LogP contribution in [-0.4, -0.2) is 55.2 Å². The highest BCUT2D eigenvalue weighted by Gasteiger charge is 2.24. The van der Waals surface area contributed by atoms with E-state index in [1.54, 1.807) is 17.2 Å². The van der Waals surface area contributed by atoms with Crippen LogP contribution in [0.3, 0.4) is 0 Å². The highest BCUT2D eigenvalue weighted by atomic mass is 32.2. The van der Waals surface area contributed by atoms with Crippen LogP contribution < -0.4 is 5.32 Å². The second kappa shape index (κ2) is 9.12. The molecule has 2 amide bonds. The van der Waals surface area contributed by atoms with Crippen LogP contribution in [0.2, 0.25) is 0 Å². The summed E-state index contributed by atoms with van der Waals surface area (Å²) in [6.07, 6.45) is 5.13. The van der Waals surface area contributed by atoms with E-state index in [9.17, 15) is 18.0 Å². The van der Waals surface area contributed by atoms with Crippen molar-refractivity contribution in [1.29, 1.82) is 0 Å². The first-order valence-electron chi connectivity index (χ1n) is 10.2. The summed E-state index contributed by atoms with van der Waals surface area (Å²) in [7, 11) is -3.31. The Labute approximate surface area is 188 Å². The van der Waals surface area contributed by atoms with Gasteiger partial charge in [0.05, 0.1) is 4.90 Å². The van der Waals surface area contributed by atoms with Crippen molar-refractivity contribution < 1.29 is 22.7 Å². The van der Waals surface area contributed by atoms with Gasteiger partial charge in [-0.15, -0.1) is 0 Å². The van der Waals surface area contributed by atoms with E-state index < -0.39 is 15.4 Å². The molecule has 9 heteroatoms. The van der Waals surface area contributed by atoms with Crippen molar-refractivity contribution in [1.82, 2.24) is 9.88 Å². The van der Waals surface area contributed by atoms with Gasteiger partial charge in [0.25, 0.3) is 5.91 Å². The maximum Gasteiger partial charge on any atom is 0.410 e. The van der Waals surface area contributed by atoms with E-state index in [0.717, 1.165) is 17.4 Å². The lowest BCUT2D eigenvalue weighted by Crippen LogP contribution is -2.39. The van der Waals surface area contributed by atoms with Crippen LogP contribution in [-0.2, 0) is 14.6 Å². The van der Waals surface area contributed by atoms with Gasteiger partial charge in [-0.3, -0.25) is 4.79 Å². The van der Waals surface area contributed by atoms with Gasteiger partial charge in [0.2, 0.25) is 0 Å². The maximum atomic E-state index is 12.4. The third-order valence-electron chi connectivity index (χ3n) is 4.78. The molecule has 0 saturated heterocycles. The Balaban J connectivity index is 1.61. The molecule has 1 N–H and O–H groups in total. The number of nitrogens with one attached hydrogen (secondary N) is 1. The summed E-state index contributed by atoms with van der Waals surface area (Å²) in [6.45, 7) is 6.54. The minimum absolute atomic E-state index is 0.155. The largest absolute Gasteiger partial charge is 0.444 e. The predicted molar refractivity (Wildman–Crippen MR) is 122 cm³/mol. The summed E-state index contributed by atoms with van der Waals surface area (Å²) >= 11 is 0. The molecule has 170 valence electrons. The fraction of sp³-hybridized carbons (Fsp3) is 0.348. The van der Waals surface area contributed by atoms with Crippen molar-refractivity contribution >= 4 is 33.2 Å². The molecule has 1 aromatic heterocycles. The molecule has 2 heterocycles. The number of hydrogen-bond donors (Lipinski definition) is 1. The number of amides is 2. The van der Waals surface area contributed by atoms with Crippen LogP contribution >= 0.6 is 0 Å². The highest BCUT2D eigenvalue weighted by molar-refractivity contribution is 7.90. The maximum absolute atomic E-state index is 12.4. The van der Waals surface area contributed by atoms with Gasteiger partial charge in [0.15, 0.2) is 9.84 Å². The Morgan fingerprint density at radius 3 is 2.28 bits per heavy atom. The third kappa shape index (κ3) is 6.16. The number of hydrogen-bond acceptors (Lipinski definition) is 6. The molecule has 0 atom stereocenters. The summed E-state index contributed by atoms with van der Waals surface area (Å²) in [5, 5.41) is 2.70. The average Bonchev–Trinajstić information content (AvgIpc) is 2.73. The first kappa shape index (κ1) is 23.5. The molecule has 0 radical (unpaired) electrons. The Hall–Kier alpha value is -3.20. The Morgan fingerprint density at radius 2 is 1.78 bits per heavy atom. The zero-order chi connectivity index (χ0) is 23.5. The van der Waals surface area contributed by atoms with E-state index in [4.69, 9.17) is 4.74 Å². The molecule has 2 aromatic rings. The fourth-order valence-electron chi connectivity index (χ4n) is 3.12. The van der Waals surface area contributed by atoms with Gasteiger partial charge in [-0.25, -0.2) is 18.2 Å². The van der Waals surface area contributed by atoms with E-state index in [1.165, 1.54) is 24.3 Å². The number of benzene rings is 1. The normalized spacial score (nSPS) is 14.5. The van der Waals surface area contributed by atoms with Crippen LogP contribution in [0.1, 0.15) is 43.1 Å². The molecular formula is C23H27N3O5S. The van der Waals surface area contributed by atoms with Crippen LogP contribution in [0.4, 0.5) is 10.6 Å². The summed E-state index contributed by atoms with van der Waals surface area (Å²) in [5.74, 6) is 0.00733. The number of ether oxygens (including phenoxy) is 1. The fourth-order valence-corrected chi connectivity index (χ4v) is 3.75. The quantitative estimate of drug-likeness (QED) is 0.749. The van der Waals surface area contributed by atoms with Crippen molar-refractivity contribution in [2.45, 2.75) is 37.7 Å². The number of anilines is 1. The molecule has 0 aliphatic carbocycles. The molecule has 1 aliphatic heterocycles. The molecule has 1 aromatic carbocycles. The number of carbonyl (C=O) groups is 2. The van der Waals surface area contributed by atoms with Gasteiger partial charge >= 0.3 is 6.09 Å². The lowest BCUT2D eigenvalue weighted by molar-refractivity contribution is 0.0270. The Bertz CT molecular complexity index is 1130. The minimum atomic E-state index is -3.31. The molecule has 0 fully saturated rings. The first-order valence-corrected chi connectivity index (χ1v) is 12.1. The molecule has 3 rings (SSSR count). The number of rotatable bonds is 4. The van der Waals surface area contributed by atoms with Crippen molar-refractivity contribution in [2.24, 2.45) is 0 Å². The molecule has 0 spiro atoms. The van der Waals surface area contributed by atoms with E-state index in [0.29, 0.717) is 30.9 Å². The second-order valence-corrected chi connectivity index (χ2v) is 10.6. The van der Waals surface area contributed by atoms with Crippen molar-refractivity contribution in [3.05, 3.63) is 59.8 Å². The van der Waals surface area contributed by atoms with Crippen LogP contribution in [0, 0.1) is 0 Å². The van der Waals surface area contributed by atoms with E-state index in [1.807, 2.05) is 32.9 Å². The van der Waals surface area contributed by atoms with Gasteiger partial charge in [-0.05, 0) is 74.7 Å². The molecule has 8 nitrogen and oxygen atoms in total. The third-order valence-corrected chi connectivity index (χ3v) is 5.91. The molecular weight excluding hydrogens is 430 g/mol. The average molecular weight is 458 g/mol. The zero-order valence-corrected chi connectivity index (χ0v) is 19.4. The van der Waals surface area contributed by atoms with E-state index in [-0.39, 0.29) is 16.9 Å². The summed E-state index contributed by atoms with van der Waals surface area (Å²) in [6, 6.07) is 9.30. The number of pyridine rings is 1.